The molecule has 0 fully saturated rings. The third-order valence-corrected chi connectivity index (χ3v) is 6.34. The third kappa shape index (κ3) is 5.03. The topological polar surface area (TPSA) is 75.3 Å². The van der Waals surface area contributed by atoms with E-state index < -0.39 is 15.9 Å². The Labute approximate surface area is 183 Å². The molecule has 0 spiro atoms. The molecule has 0 aromatic heterocycles. The van der Waals surface area contributed by atoms with Crippen molar-refractivity contribution >= 4 is 62.1 Å². The molecule has 0 bridgehead atoms. The molecule has 29 heavy (non-hydrogen) atoms. The summed E-state index contributed by atoms with van der Waals surface area (Å²) >= 11 is 18.3. The second-order valence-corrected chi connectivity index (χ2v) is 9.07. The van der Waals surface area contributed by atoms with Crippen LogP contribution in [0.15, 0.2) is 65.6 Å². The molecule has 5 nitrogen and oxygen atoms in total. The number of sulfonamides is 1. The van der Waals surface area contributed by atoms with Crippen molar-refractivity contribution in [1.82, 2.24) is 0 Å². The van der Waals surface area contributed by atoms with E-state index in [0.717, 1.165) is 5.56 Å². The van der Waals surface area contributed by atoms with Crippen LogP contribution in [0, 0.1) is 6.92 Å². The Bertz CT molecular complexity index is 1160. The summed E-state index contributed by atoms with van der Waals surface area (Å²) in [5.74, 6) is -0.530. The van der Waals surface area contributed by atoms with Gasteiger partial charge in [0.25, 0.3) is 15.9 Å². The standard InChI is InChI=1S/C20H15Cl3N2O3S/c1-12-5-8-14(9-6-12)29(27,28)25-13-7-10-15(18(23)11-13)20(26)24-19-16(21)3-2-4-17(19)22/h2-11,25H,1H3,(H,24,26). The second-order valence-electron chi connectivity index (χ2n) is 6.16. The minimum Gasteiger partial charge on any atom is -0.319 e. The van der Waals surface area contributed by atoms with E-state index >= 15 is 0 Å². The summed E-state index contributed by atoms with van der Waals surface area (Å²) in [4.78, 5) is 12.7. The van der Waals surface area contributed by atoms with Crippen molar-refractivity contribution in [3.05, 3.63) is 86.9 Å². The number of para-hydroxylation sites is 1. The first-order chi connectivity index (χ1) is 13.7. The number of aryl methyl sites for hydroxylation is 1. The number of carbonyl (C=O) groups is 1. The van der Waals surface area contributed by atoms with Crippen molar-refractivity contribution in [2.24, 2.45) is 0 Å². The van der Waals surface area contributed by atoms with Gasteiger partial charge in [0.2, 0.25) is 0 Å². The van der Waals surface area contributed by atoms with Crippen molar-refractivity contribution in [2.45, 2.75) is 11.8 Å². The van der Waals surface area contributed by atoms with E-state index in [-0.39, 0.29) is 36.9 Å². The molecule has 3 rings (SSSR count). The lowest BCUT2D eigenvalue weighted by Gasteiger charge is -2.12. The van der Waals surface area contributed by atoms with Crippen molar-refractivity contribution in [1.29, 1.82) is 0 Å². The first-order valence-corrected chi connectivity index (χ1v) is 10.9. The average Bonchev–Trinajstić information content (AvgIpc) is 2.65. The summed E-state index contributed by atoms with van der Waals surface area (Å²) in [6.45, 7) is 1.86. The molecule has 0 unspecified atom stereocenters. The highest BCUT2D eigenvalue weighted by Gasteiger charge is 2.17. The quantitative estimate of drug-likeness (QED) is 0.480. The molecule has 3 aromatic rings. The largest absolute Gasteiger partial charge is 0.319 e. The van der Waals surface area contributed by atoms with E-state index in [4.69, 9.17) is 34.8 Å². The summed E-state index contributed by atoms with van der Waals surface area (Å²) in [5, 5.41) is 3.24. The Kier molecular flexibility index (Phi) is 6.39. The molecule has 0 aliphatic heterocycles. The maximum Gasteiger partial charge on any atom is 0.261 e. The number of hydrogen-bond donors (Lipinski definition) is 2. The third-order valence-electron chi connectivity index (χ3n) is 4.00. The van der Waals surface area contributed by atoms with Crippen molar-refractivity contribution in [3.8, 4) is 0 Å². The second kappa shape index (κ2) is 8.63. The number of anilines is 2. The SMILES string of the molecule is Cc1ccc(S(=O)(=O)Nc2ccc(C(=O)Nc3c(Cl)cccc3Cl)c(Cl)c2)cc1. The molecule has 3 aromatic carbocycles. The van der Waals surface area contributed by atoms with Gasteiger partial charge in [-0.2, -0.15) is 0 Å². The van der Waals surface area contributed by atoms with Gasteiger partial charge in [-0.3, -0.25) is 9.52 Å². The number of benzene rings is 3. The Balaban J connectivity index is 1.81. The van der Waals surface area contributed by atoms with Gasteiger partial charge in [-0.1, -0.05) is 58.6 Å². The van der Waals surface area contributed by atoms with Gasteiger partial charge in [0, 0.05) is 0 Å². The van der Waals surface area contributed by atoms with Crippen LogP contribution in [-0.4, -0.2) is 14.3 Å². The lowest BCUT2D eigenvalue weighted by molar-refractivity contribution is 0.102. The molecule has 0 aliphatic rings. The van der Waals surface area contributed by atoms with Crippen molar-refractivity contribution in [3.63, 3.8) is 0 Å². The van der Waals surface area contributed by atoms with Gasteiger partial charge in [0.1, 0.15) is 0 Å². The zero-order chi connectivity index (χ0) is 21.2. The predicted octanol–water partition coefficient (Wildman–Crippen LogP) is 6.01. The Morgan fingerprint density at radius 2 is 1.48 bits per heavy atom. The predicted molar refractivity (Wildman–Crippen MR) is 118 cm³/mol. The Hall–Kier alpha value is -2.25. The van der Waals surface area contributed by atoms with Crippen LogP contribution in [-0.2, 0) is 10.0 Å². The molecule has 0 saturated carbocycles. The van der Waals surface area contributed by atoms with Gasteiger partial charge >= 0.3 is 0 Å². The highest BCUT2D eigenvalue weighted by atomic mass is 35.5. The molecule has 9 heteroatoms. The highest BCUT2D eigenvalue weighted by molar-refractivity contribution is 7.92. The van der Waals surface area contributed by atoms with Crippen LogP contribution in [0.3, 0.4) is 0 Å². The number of nitrogens with one attached hydrogen (secondary N) is 2. The van der Waals surface area contributed by atoms with Gasteiger partial charge in [0.15, 0.2) is 0 Å². The molecular formula is C20H15Cl3N2O3S. The maximum absolute atomic E-state index is 12.5. The molecule has 1 amide bonds. The van der Waals surface area contributed by atoms with Crippen LogP contribution in [0.4, 0.5) is 11.4 Å². The molecule has 0 heterocycles. The van der Waals surface area contributed by atoms with Crippen LogP contribution >= 0.6 is 34.8 Å². The van der Waals surface area contributed by atoms with E-state index in [1.165, 1.54) is 30.3 Å². The lowest BCUT2D eigenvalue weighted by Crippen LogP contribution is -2.15. The van der Waals surface area contributed by atoms with Gasteiger partial charge in [0.05, 0.1) is 36.9 Å². The molecule has 0 radical (unpaired) electrons. The highest BCUT2D eigenvalue weighted by Crippen LogP contribution is 2.31. The summed E-state index contributed by atoms with van der Waals surface area (Å²) in [5.41, 5.74) is 1.57. The molecule has 0 aliphatic carbocycles. The molecule has 0 atom stereocenters. The number of rotatable bonds is 5. The monoisotopic (exact) mass is 468 g/mol. The first kappa shape index (κ1) is 21.5. The van der Waals surface area contributed by atoms with E-state index in [1.807, 2.05) is 6.92 Å². The smallest absolute Gasteiger partial charge is 0.261 e. The Morgan fingerprint density at radius 3 is 2.07 bits per heavy atom. The summed E-state index contributed by atoms with van der Waals surface area (Å²) in [6, 6.07) is 15.5. The van der Waals surface area contributed by atoms with E-state index in [2.05, 4.69) is 10.0 Å². The minimum absolute atomic E-state index is 0.0646. The minimum atomic E-state index is -3.78. The fourth-order valence-electron chi connectivity index (χ4n) is 2.49. The molecular weight excluding hydrogens is 455 g/mol. The fraction of sp³-hybridized carbons (Fsp3) is 0.0500. The number of amides is 1. The normalized spacial score (nSPS) is 11.2. The van der Waals surface area contributed by atoms with Gasteiger partial charge in [-0.25, -0.2) is 8.42 Å². The van der Waals surface area contributed by atoms with Gasteiger partial charge in [-0.05, 0) is 49.4 Å². The van der Waals surface area contributed by atoms with Crippen LogP contribution in [0.1, 0.15) is 15.9 Å². The van der Waals surface area contributed by atoms with Gasteiger partial charge < -0.3 is 5.32 Å². The van der Waals surface area contributed by atoms with Gasteiger partial charge in [-0.15, -0.1) is 0 Å². The lowest BCUT2D eigenvalue weighted by atomic mass is 10.2. The van der Waals surface area contributed by atoms with E-state index in [9.17, 15) is 13.2 Å². The number of hydrogen-bond acceptors (Lipinski definition) is 3. The van der Waals surface area contributed by atoms with E-state index in [1.54, 1.807) is 30.3 Å². The molecule has 0 saturated heterocycles. The summed E-state index contributed by atoms with van der Waals surface area (Å²) in [7, 11) is -3.78. The first-order valence-electron chi connectivity index (χ1n) is 8.32. The van der Waals surface area contributed by atoms with E-state index in [0.29, 0.717) is 0 Å². The molecule has 150 valence electrons. The van der Waals surface area contributed by atoms with Crippen LogP contribution < -0.4 is 10.0 Å². The van der Waals surface area contributed by atoms with Crippen LogP contribution in [0.25, 0.3) is 0 Å². The zero-order valence-corrected chi connectivity index (χ0v) is 18.1. The fourth-order valence-corrected chi connectivity index (χ4v) is 4.30. The summed E-state index contributed by atoms with van der Waals surface area (Å²) in [6.07, 6.45) is 0. The molecule has 2 N–H and O–H groups in total. The maximum atomic E-state index is 12.5. The van der Waals surface area contributed by atoms with Crippen molar-refractivity contribution in [2.75, 3.05) is 10.0 Å². The zero-order valence-electron chi connectivity index (χ0n) is 15.0. The summed E-state index contributed by atoms with van der Waals surface area (Å²) < 4.78 is 27.4. The Morgan fingerprint density at radius 1 is 0.862 bits per heavy atom. The number of halogens is 3. The average molecular weight is 470 g/mol. The van der Waals surface area contributed by atoms with Crippen LogP contribution in [0.5, 0.6) is 0 Å². The van der Waals surface area contributed by atoms with Crippen molar-refractivity contribution < 1.29 is 13.2 Å². The number of carbonyl (C=O) groups excluding carboxylic acids is 1. The van der Waals surface area contributed by atoms with Crippen LogP contribution in [0.2, 0.25) is 15.1 Å².